The van der Waals surface area contributed by atoms with E-state index in [1.54, 1.807) is 0 Å². The van der Waals surface area contributed by atoms with Crippen molar-refractivity contribution in [3.8, 4) is 0 Å². The number of rotatable bonds is 6. The van der Waals surface area contributed by atoms with Crippen LogP contribution in [0.2, 0.25) is 0 Å². The maximum atomic E-state index is 3.68. The summed E-state index contributed by atoms with van der Waals surface area (Å²) in [5.74, 6) is 0.901. The van der Waals surface area contributed by atoms with Gasteiger partial charge in [0.2, 0.25) is 0 Å². The van der Waals surface area contributed by atoms with Crippen LogP contribution in [0.15, 0.2) is 0 Å². The number of likely N-dealkylation sites (tertiary alicyclic amines) is 1. The average Bonchev–Trinajstić information content (AvgIpc) is 3.02. The molecule has 1 saturated carbocycles. The molecule has 1 aliphatic heterocycles. The molecule has 16 heavy (non-hydrogen) atoms. The lowest BCUT2D eigenvalue weighted by Crippen LogP contribution is -2.44. The Labute approximate surface area is 101 Å². The lowest BCUT2D eigenvalue weighted by molar-refractivity contribution is 0.120. The first-order chi connectivity index (χ1) is 7.68. The van der Waals surface area contributed by atoms with Crippen LogP contribution in [0.4, 0.5) is 0 Å². The number of nitrogens with zero attached hydrogens (tertiary/aromatic N) is 1. The molecule has 0 radical (unpaired) electrons. The first-order valence-electron chi connectivity index (χ1n) is 7.16. The fraction of sp³-hybridized carbons (Fsp3) is 1.00. The van der Waals surface area contributed by atoms with Gasteiger partial charge in [0.1, 0.15) is 0 Å². The Morgan fingerprint density at radius 2 is 1.88 bits per heavy atom. The molecule has 1 atom stereocenters. The lowest BCUT2D eigenvalue weighted by atomic mass is 9.93. The second kappa shape index (κ2) is 5.05. The molecular formula is C14H28N2. The third-order valence-electron chi connectivity index (χ3n) is 4.85. The van der Waals surface area contributed by atoms with E-state index in [2.05, 4.69) is 31.0 Å². The SMILES string of the molecule is CCC(C)(CC)N1CCC(CNC2CC2)C1. The van der Waals surface area contributed by atoms with Gasteiger partial charge in [0.15, 0.2) is 0 Å². The lowest BCUT2D eigenvalue weighted by Gasteiger charge is -2.37. The second-order valence-electron chi connectivity index (χ2n) is 5.99. The van der Waals surface area contributed by atoms with Gasteiger partial charge in [0.25, 0.3) is 0 Å². The van der Waals surface area contributed by atoms with Crippen LogP contribution in [0, 0.1) is 5.92 Å². The highest BCUT2D eigenvalue weighted by Gasteiger charge is 2.34. The normalized spacial score (nSPS) is 27.6. The third kappa shape index (κ3) is 2.78. The molecular weight excluding hydrogens is 196 g/mol. The van der Waals surface area contributed by atoms with Crippen LogP contribution >= 0.6 is 0 Å². The molecule has 1 heterocycles. The maximum absolute atomic E-state index is 3.68. The third-order valence-corrected chi connectivity index (χ3v) is 4.85. The van der Waals surface area contributed by atoms with Crippen LogP contribution in [-0.2, 0) is 0 Å². The molecule has 2 nitrogen and oxygen atoms in total. The Balaban J connectivity index is 1.76. The standard InChI is InChI=1S/C14H28N2/c1-4-14(3,5-2)16-9-8-12(11-16)10-15-13-6-7-13/h12-13,15H,4-11H2,1-3H3. The van der Waals surface area contributed by atoms with Crippen molar-refractivity contribution in [1.82, 2.24) is 10.2 Å². The minimum absolute atomic E-state index is 0.453. The van der Waals surface area contributed by atoms with Gasteiger partial charge in [-0.25, -0.2) is 0 Å². The van der Waals surface area contributed by atoms with Crippen molar-refractivity contribution in [2.75, 3.05) is 19.6 Å². The van der Waals surface area contributed by atoms with Gasteiger partial charge in [-0.15, -0.1) is 0 Å². The summed E-state index contributed by atoms with van der Waals surface area (Å²) in [5, 5.41) is 3.68. The van der Waals surface area contributed by atoms with Crippen LogP contribution in [-0.4, -0.2) is 36.1 Å². The largest absolute Gasteiger partial charge is 0.314 e. The fourth-order valence-corrected chi connectivity index (χ4v) is 2.81. The van der Waals surface area contributed by atoms with Crippen molar-refractivity contribution < 1.29 is 0 Å². The van der Waals surface area contributed by atoms with Gasteiger partial charge in [0.05, 0.1) is 0 Å². The van der Waals surface area contributed by atoms with Crippen molar-refractivity contribution >= 4 is 0 Å². The summed E-state index contributed by atoms with van der Waals surface area (Å²) in [6, 6.07) is 0.873. The highest BCUT2D eigenvalue weighted by molar-refractivity contribution is 4.91. The molecule has 2 fully saturated rings. The molecule has 0 amide bonds. The highest BCUT2D eigenvalue weighted by Crippen LogP contribution is 2.30. The first-order valence-corrected chi connectivity index (χ1v) is 7.16. The zero-order chi connectivity index (χ0) is 11.6. The van der Waals surface area contributed by atoms with E-state index in [9.17, 15) is 0 Å². The van der Waals surface area contributed by atoms with Gasteiger partial charge < -0.3 is 5.32 Å². The molecule has 0 aromatic rings. The number of hydrogen-bond acceptors (Lipinski definition) is 2. The Morgan fingerprint density at radius 3 is 2.44 bits per heavy atom. The molecule has 1 unspecified atom stereocenters. The number of hydrogen-bond donors (Lipinski definition) is 1. The van der Waals surface area contributed by atoms with Crippen LogP contribution in [0.1, 0.15) is 52.9 Å². The fourth-order valence-electron chi connectivity index (χ4n) is 2.81. The topological polar surface area (TPSA) is 15.3 Å². The minimum Gasteiger partial charge on any atom is -0.314 e. The molecule has 0 spiro atoms. The van der Waals surface area contributed by atoms with Crippen molar-refractivity contribution in [1.29, 1.82) is 0 Å². The Morgan fingerprint density at radius 1 is 1.19 bits per heavy atom. The van der Waals surface area contributed by atoms with E-state index in [-0.39, 0.29) is 0 Å². The Kier molecular flexibility index (Phi) is 3.91. The zero-order valence-electron chi connectivity index (χ0n) is 11.3. The Bertz CT molecular complexity index is 219. The van der Waals surface area contributed by atoms with Gasteiger partial charge >= 0.3 is 0 Å². The Hall–Kier alpha value is -0.0800. The van der Waals surface area contributed by atoms with E-state index in [0.717, 1.165) is 12.0 Å². The summed E-state index contributed by atoms with van der Waals surface area (Å²) in [4.78, 5) is 2.73. The summed E-state index contributed by atoms with van der Waals surface area (Å²) in [5.41, 5.74) is 0.453. The minimum atomic E-state index is 0.453. The monoisotopic (exact) mass is 224 g/mol. The predicted molar refractivity (Wildman–Crippen MR) is 69.7 cm³/mol. The van der Waals surface area contributed by atoms with E-state index >= 15 is 0 Å². The zero-order valence-corrected chi connectivity index (χ0v) is 11.3. The summed E-state index contributed by atoms with van der Waals surface area (Å²) in [7, 11) is 0. The molecule has 1 aliphatic carbocycles. The molecule has 2 rings (SSSR count). The van der Waals surface area contributed by atoms with Gasteiger partial charge in [-0.3, -0.25) is 4.90 Å². The molecule has 0 bridgehead atoms. The van der Waals surface area contributed by atoms with Crippen molar-refractivity contribution in [3.63, 3.8) is 0 Å². The van der Waals surface area contributed by atoms with E-state index in [1.807, 2.05) is 0 Å². The van der Waals surface area contributed by atoms with Crippen molar-refractivity contribution in [2.24, 2.45) is 5.92 Å². The van der Waals surface area contributed by atoms with Crippen LogP contribution in [0.25, 0.3) is 0 Å². The van der Waals surface area contributed by atoms with Crippen LogP contribution < -0.4 is 5.32 Å². The molecule has 2 aliphatic rings. The summed E-state index contributed by atoms with van der Waals surface area (Å²) in [6.07, 6.45) is 6.80. The molecule has 94 valence electrons. The predicted octanol–water partition coefficient (Wildman–Crippen LogP) is 2.64. The summed E-state index contributed by atoms with van der Waals surface area (Å²) >= 11 is 0. The van der Waals surface area contributed by atoms with E-state index in [4.69, 9.17) is 0 Å². The highest BCUT2D eigenvalue weighted by atomic mass is 15.2. The molecule has 1 N–H and O–H groups in total. The van der Waals surface area contributed by atoms with E-state index in [1.165, 1.54) is 51.7 Å². The molecule has 2 heteroatoms. The summed E-state index contributed by atoms with van der Waals surface area (Å²) in [6.45, 7) is 11.0. The number of nitrogens with one attached hydrogen (secondary N) is 1. The van der Waals surface area contributed by atoms with E-state index < -0.39 is 0 Å². The second-order valence-corrected chi connectivity index (χ2v) is 5.99. The van der Waals surface area contributed by atoms with Crippen molar-refractivity contribution in [3.05, 3.63) is 0 Å². The summed E-state index contributed by atoms with van der Waals surface area (Å²) < 4.78 is 0. The van der Waals surface area contributed by atoms with Crippen molar-refractivity contribution in [2.45, 2.75) is 64.5 Å². The van der Waals surface area contributed by atoms with Gasteiger partial charge in [-0.1, -0.05) is 13.8 Å². The van der Waals surface area contributed by atoms with E-state index in [0.29, 0.717) is 5.54 Å². The van der Waals surface area contributed by atoms with Gasteiger partial charge in [0, 0.05) is 18.1 Å². The van der Waals surface area contributed by atoms with Gasteiger partial charge in [-0.05, 0) is 58.0 Å². The molecule has 0 aromatic heterocycles. The smallest absolute Gasteiger partial charge is 0.0176 e. The molecule has 1 saturated heterocycles. The average molecular weight is 224 g/mol. The first kappa shape index (κ1) is 12.4. The van der Waals surface area contributed by atoms with Gasteiger partial charge in [-0.2, -0.15) is 0 Å². The van der Waals surface area contributed by atoms with Crippen LogP contribution in [0.5, 0.6) is 0 Å². The maximum Gasteiger partial charge on any atom is 0.0176 e. The quantitative estimate of drug-likeness (QED) is 0.746. The molecule has 0 aromatic carbocycles. The van der Waals surface area contributed by atoms with Crippen LogP contribution in [0.3, 0.4) is 0 Å².